The molecule has 2 N–H and O–H groups in total. The smallest absolute Gasteiger partial charge is 0.0158 e. The Bertz CT molecular complexity index is 505. The lowest BCUT2D eigenvalue weighted by molar-refractivity contribution is -0.0346. The van der Waals surface area contributed by atoms with Crippen molar-refractivity contribution in [1.82, 2.24) is 9.80 Å². The van der Waals surface area contributed by atoms with Crippen molar-refractivity contribution in [3.8, 4) is 0 Å². The van der Waals surface area contributed by atoms with Gasteiger partial charge in [0, 0.05) is 5.54 Å². The second kappa shape index (κ2) is 19.9. The van der Waals surface area contributed by atoms with E-state index in [1.165, 1.54) is 78.2 Å². The summed E-state index contributed by atoms with van der Waals surface area (Å²) >= 11 is 0. The van der Waals surface area contributed by atoms with Crippen LogP contribution in [0.2, 0.25) is 0 Å². The summed E-state index contributed by atoms with van der Waals surface area (Å²) in [6.45, 7) is 39.9. The number of hydrogen-bond acceptors (Lipinski definition) is 3. The number of piperidine rings is 2. The van der Waals surface area contributed by atoms with Gasteiger partial charge in [-0.1, -0.05) is 103 Å². The summed E-state index contributed by atoms with van der Waals surface area (Å²) in [5.41, 5.74) is 6.09. The van der Waals surface area contributed by atoms with E-state index in [1.54, 1.807) is 0 Å². The Kier molecular flexibility index (Phi) is 22.2. The van der Waals surface area contributed by atoms with Gasteiger partial charge in [-0.15, -0.1) is 0 Å². The number of hydrogen-bond donors (Lipinski definition) is 1. The molecule has 0 aromatic carbocycles. The highest BCUT2D eigenvalue weighted by atomic mass is 15.2. The summed E-state index contributed by atoms with van der Waals surface area (Å²) in [7, 11) is 3.78. The molecule has 0 amide bonds. The van der Waals surface area contributed by atoms with Crippen LogP contribution < -0.4 is 5.73 Å². The molecule has 2 heterocycles. The van der Waals surface area contributed by atoms with Crippen LogP contribution in [0.1, 0.15) is 149 Å². The average molecular weight is 528 g/mol. The molecule has 2 aliphatic rings. The van der Waals surface area contributed by atoms with Crippen LogP contribution in [-0.2, 0) is 0 Å². The first kappa shape index (κ1) is 41.4. The third-order valence-corrected chi connectivity index (χ3v) is 9.71. The van der Waals surface area contributed by atoms with E-state index < -0.39 is 0 Å². The normalized spacial score (nSPS) is 18.6. The molecule has 2 saturated heterocycles. The van der Waals surface area contributed by atoms with Gasteiger partial charge in [0.05, 0.1) is 0 Å². The molecule has 2 fully saturated rings. The molecule has 0 aromatic rings. The highest BCUT2D eigenvalue weighted by molar-refractivity contribution is 4.97. The summed E-state index contributed by atoms with van der Waals surface area (Å²) in [6, 6.07) is 0. The van der Waals surface area contributed by atoms with Crippen LogP contribution >= 0.6 is 0 Å². The summed E-state index contributed by atoms with van der Waals surface area (Å²) in [5, 5.41) is 0. The summed E-state index contributed by atoms with van der Waals surface area (Å²) in [4.78, 5) is 5.33. The molecule has 0 saturated carbocycles. The predicted molar refractivity (Wildman–Crippen MR) is 174 cm³/mol. The van der Waals surface area contributed by atoms with Crippen molar-refractivity contribution in [2.75, 3.05) is 40.3 Å². The minimum atomic E-state index is 0.308. The molecule has 228 valence electrons. The van der Waals surface area contributed by atoms with Crippen molar-refractivity contribution in [3.05, 3.63) is 0 Å². The maximum Gasteiger partial charge on any atom is 0.0158 e. The molecule has 3 heteroatoms. The topological polar surface area (TPSA) is 32.5 Å². The molecule has 0 atom stereocenters. The fraction of sp³-hybridized carbons (Fsp3) is 1.00. The first-order valence-corrected chi connectivity index (χ1v) is 16.2. The van der Waals surface area contributed by atoms with Crippen LogP contribution in [0.25, 0.3) is 0 Å². The second-order valence-corrected chi connectivity index (χ2v) is 13.5. The van der Waals surface area contributed by atoms with Gasteiger partial charge in [0.2, 0.25) is 0 Å². The molecule has 0 aliphatic carbocycles. The quantitative estimate of drug-likeness (QED) is 0.357. The van der Waals surface area contributed by atoms with Gasteiger partial charge in [-0.25, -0.2) is 0 Å². The van der Waals surface area contributed by atoms with E-state index in [0.29, 0.717) is 21.8 Å². The van der Waals surface area contributed by atoms with Crippen molar-refractivity contribution in [3.63, 3.8) is 0 Å². The van der Waals surface area contributed by atoms with E-state index in [-0.39, 0.29) is 0 Å². The maximum atomic E-state index is 4.50. The Morgan fingerprint density at radius 2 is 1.00 bits per heavy atom. The average Bonchev–Trinajstić information content (AvgIpc) is 2.88. The maximum absolute atomic E-state index is 4.50. The van der Waals surface area contributed by atoms with Crippen LogP contribution in [0.4, 0.5) is 0 Å². The van der Waals surface area contributed by atoms with Gasteiger partial charge in [-0.3, -0.25) is 4.90 Å². The molecule has 3 nitrogen and oxygen atoms in total. The van der Waals surface area contributed by atoms with Gasteiger partial charge in [0.15, 0.2) is 0 Å². The van der Waals surface area contributed by atoms with Gasteiger partial charge < -0.3 is 10.6 Å². The molecular formula is C34H77N3. The highest BCUT2D eigenvalue weighted by Crippen LogP contribution is 2.51. The first-order valence-electron chi connectivity index (χ1n) is 16.2. The van der Waals surface area contributed by atoms with Crippen LogP contribution in [0.15, 0.2) is 0 Å². The lowest BCUT2D eigenvalue weighted by Gasteiger charge is -2.53. The fourth-order valence-corrected chi connectivity index (χ4v) is 6.38. The Hall–Kier alpha value is -0.120. The Balaban J connectivity index is -0.00000114. The summed E-state index contributed by atoms with van der Waals surface area (Å²) in [6.07, 6.45) is 9.34. The zero-order chi connectivity index (χ0) is 30.1. The lowest BCUT2D eigenvalue weighted by atomic mass is 9.58. The Morgan fingerprint density at radius 1 is 0.649 bits per heavy atom. The number of likely N-dealkylation sites (tertiary alicyclic amines) is 2. The van der Waals surface area contributed by atoms with Crippen molar-refractivity contribution in [2.24, 2.45) is 33.8 Å². The van der Waals surface area contributed by atoms with E-state index in [9.17, 15) is 0 Å². The monoisotopic (exact) mass is 528 g/mol. The Morgan fingerprint density at radius 3 is 1.35 bits per heavy atom. The van der Waals surface area contributed by atoms with E-state index in [0.717, 1.165) is 11.8 Å². The zero-order valence-corrected chi connectivity index (χ0v) is 29.4. The van der Waals surface area contributed by atoms with Crippen LogP contribution in [-0.4, -0.2) is 55.6 Å². The molecule has 2 rings (SSSR count). The Labute approximate surface area is 238 Å². The molecule has 37 heavy (non-hydrogen) atoms. The fourth-order valence-electron chi connectivity index (χ4n) is 6.38. The standard InChI is InChI=1S/C26H52N2.C3H8.2C2H6.CH5N/c1-11-24(4,5)26(8,9)22-14-18-28(19-15-22)25(6,7)20-23(2,3)21-12-16-27(10)17-13-21;1-3-2;3*1-2/h21-22H,11-20H2,1-10H3;3H2,1-2H3;2*1-2H3;2H2,1H3. The molecule has 0 bridgehead atoms. The molecule has 0 unspecified atom stereocenters. The molecule has 0 radical (unpaired) electrons. The second-order valence-electron chi connectivity index (χ2n) is 13.5. The van der Waals surface area contributed by atoms with Crippen LogP contribution in [0.3, 0.4) is 0 Å². The van der Waals surface area contributed by atoms with Crippen LogP contribution in [0, 0.1) is 28.1 Å². The van der Waals surface area contributed by atoms with Crippen molar-refractivity contribution >= 4 is 0 Å². The first-order chi connectivity index (χ1) is 17.1. The van der Waals surface area contributed by atoms with E-state index in [2.05, 4.69) is 98.7 Å². The molecule has 2 aliphatic heterocycles. The van der Waals surface area contributed by atoms with E-state index in [4.69, 9.17) is 0 Å². The van der Waals surface area contributed by atoms with Crippen LogP contribution in [0.5, 0.6) is 0 Å². The van der Waals surface area contributed by atoms with Crippen molar-refractivity contribution < 1.29 is 0 Å². The molecular weight excluding hydrogens is 450 g/mol. The third-order valence-electron chi connectivity index (χ3n) is 9.71. The molecule has 0 aromatic heterocycles. The SMILES string of the molecule is CC.CC.CCC.CCC(C)(C)C(C)(C)C1CCN(C(C)(C)CC(C)(C)C2CCN(C)CC2)CC1.CN. The summed E-state index contributed by atoms with van der Waals surface area (Å²) in [5.74, 6) is 1.74. The van der Waals surface area contributed by atoms with E-state index >= 15 is 0 Å². The molecule has 0 spiro atoms. The number of nitrogens with zero attached hydrogens (tertiary/aromatic N) is 2. The number of rotatable bonds is 7. The third kappa shape index (κ3) is 13.2. The predicted octanol–water partition coefficient (Wildman–Crippen LogP) is 9.74. The number of nitrogens with two attached hydrogens (primary N) is 1. The zero-order valence-electron chi connectivity index (χ0n) is 29.4. The largest absolute Gasteiger partial charge is 0.333 e. The minimum Gasteiger partial charge on any atom is -0.333 e. The van der Waals surface area contributed by atoms with Crippen molar-refractivity contribution in [2.45, 2.75) is 154 Å². The van der Waals surface area contributed by atoms with Gasteiger partial charge >= 0.3 is 0 Å². The van der Waals surface area contributed by atoms with Gasteiger partial charge in [0.25, 0.3) is 0 Å². The summed E-state index contributed by atoms with van der Waals surface area (Å²) < 4.78 is 0. The van der Waals surface area contributed by atoms with Gasteiger partial charge in [0.1, 0.15) is 0 Å². The lowest BCUT2D eigenvalue weighted by Crippen LogP contribution is -2.53. The van der Waals surface area contributed by atoms with Crippen molar-refractivity contribution in [1.29, 1.82) is 0 Å². The minimum absolute atomic E-state index is 0.308. The van der Waals surface area contributed by atoms with Gasteiger partial charge in [-0.05, 0) is 114 Å². The highest BCUT2D eigenvalue weighted by Gasteiger charge is 2.45. The van der Waals surface area contributed by atoms with Gasteiger partial charge in [-0.2, -0.15) is 0 Å². The van der Waals surface area contributed by atoms with E-state index in [1.807, 2.05) is 27.7 Å².